The van der Waals surface area contributed by atoms with Gasteiger partial charge in [-0.05, 0) is 29.7 Å². The molecule has 2 nitrogen and oxygen atoms in total. The highest BCUT2D eigenvalue weighted by atomic mass is 16.5. The van der Waals surface area contributed by atoms with Crippen LogP contribution in [-0.4, -0.2) is 6.61 Å². The fraction of sp³-hybridized carbons (Fsp3) is 0.200. The number of hydrogen-bond donors (Lipinski definition) is 0. The molecule has 0 fully saturated rings. The highest BCUT2D eigenvalue weighted by Gasteiger charge is 2.16. The van der Waals surface area contributed by atoms with Gasteiger partial charge in [0.2, 0.25) is 0 Å². The smallest absolute Gasteiger partial charge is 0.111 e. The number of hydrogen-bond acceptors (Lipinski definition) is 2. The molecule has 3 aromatic rings. The summed E-state index contributed by atoms with van der Waals surface area (Å²) in [4.78, 5) is 0. The van der Waals surface area contributed by atoms with Crippen molar-refractivity contribution in [2.75, 3.05) is 6.61 Å². The van der Waals surface area contributed by atoms with Gasteiger partial charge in [-0.3, -0.25) is 0 Å². The van der Waals surface area contributed by atoms with Crippen molar-refractivity contribution < 1.29 is 9.15 Å². The minimum absolute atomic E-state index is 0.243. The fourth-order valence-corrected chi connectivity index (χ4v) is 2.61. The lowest BCUT2D eigenvalue weighted by atomic mass is 9.94. The number of ether oxygens (including phenoxy) is 1. The van der Waals surface area contributed by atoms with Crippen molar-refractivity contribution in [2.45, 2.75) is 18.9 Å². The van der Waals surface area contributed by atoms with Gasteiger partial charge in [-0.2, -0.15) is 0 Å². The summed E-state index contributed by atoms with van der Waals surface area (Å²) in [5.74, 6) is 1.24. The van der Waals surface area contributed by atoms with E-state index in [1.807, 2.05) is 36.4 Å². The number of benzene rings is 2. The van der Waals surface area contributed by atoms with Crippen molar-refractivity contribution in [1.82, 2.24) is 0 Å². The molecule has 0 bridgehead atoms. The summed E-state index contributed by atoms with van der Waals surface area (Å²) >= 11 is 0. The molecule has 3 rings (SSSR count). The van der Waals surface area contributed by atoms with E-state index in [2.05, 4.69) is 36.4 Å². The molecule has 112 valence electrons. The van der Waals surface area contributed by atoms with Gasteiger partial charge >= 0.3 is 0 Å². The summed E-state index contributed by atoms with van der Waals surface area (Å²) < 4.78 is 11.4. The summed E-state index contributed by atoms with van der Waals surface area (Å²) in [6.07, 6.45) is 2.64. The van der Waals surface area contributed by atoms with Crippen molar-refractivity contribution in [3.63, 3.8) is 0 Å². The molecule has 1 atom stereocenters. The Morgan fingerprint density at radius 1 is 0.818 bits per heavy atom. The maximum absolute atomic E-state index is 5.83. The SMILES string of the molecule is c1ccc(COCC[C@H](c2ccccc2)c2ccco2)cc1. The van der Waals surface area contributed by atoms with Crippen molar-refractivity contribution in [3.8, 4) is 0 Å². The maximum atomic E-state index is 5.83. The molecule has 0 aliphatic carbocycles. The van der Waals surface area contributed by atoms with Crippen LogP contribution in [0.2, 0.25) is 0 Å². The summed E-state index contributed by atoms with van der Waals surface area (Å²) in [6, 6.07) is 24.7. The third-order valence-electron chi connectivity index (χ3n) is 3.75. The van der Waals surface area contributed by atoms with Crippen LogP contribution in [0.25, 0.3) is 0 Å². The van der Waals surface area contributed by atoms with Crippen molar-refractivity contribution >= 4 is 0 Å². The van der Waals surface area contributed by atoms with Gasteiger partial charge in [0.15, 0.2) is 0 Å². The lowest BCUT2D eigenvalue weighted by Crippen LogP contribution is -2.05. The predicted octanol–water partition coefficient (Wildman–Crippen LogP) is 5.02. The second-order valence-corrected chi connectivity index (χ2v) is 5.31. The normalized spacial score (nSPS) is 12.2. The summed E-state index contributed by atoms with van der Waals surface area (Å²) in [7, 11) is 0. The molecule has 1 aromatic heterocycles. The Labute approximate surface area is 131 Å². The van der Waals surface area contributed by atoms with Gasteiger partial charge in [-0.1, -0.05) is 60.7 Å². The lowest BCUT2D eigenvalue weighted by Gasteiger charge is -2.15. The third-order valence-corrected chi connectivity index (χ3v) is 3.75. The number of furan rings is 1. The summed E-state index contributed by atoms with van der Waals surface area (Å²) in [5.41, 5.74) is 2.47. The molecular weight excluding hydrogens is 272 g/mol. The Kier molecular flexibility index (Phi) is 5.06. The Morgan fingerprint density at radius 3 is 2.23 bits per heavy atom. The third kappa shape index (κ3) is 3.86. The van der Waals surface area contributed by atoms with E-state index in [1.54, 1.807) is 6.26 Å². The van der Waals surface area contributed by atoms with Crippen LogP contribution in [0.3, 0.4) is 0 Å². The van der Waals surface area contributed by atoms with Gasteiger partial charge < -0.3 is 9.15 Å². The molecule has 0 saturated heterocycles. The van der Waals surface area contributed by atoms with Crippen LogP contribution >= 0.6 is 0 Å². The molecule has 0 spiro atoms. The summed E-state index contributed by atoms with van der Waals surface area (Å²) in [5, 5.41) is 0. The molecule has 2 heteroatoms. The first-order chi connectivity index (χ1) is 10.9. The van der Waals surface area contributed by atoms with Gasteiger partial charge in [-0.15, -0.1) is 0 Å². The Balaban J connectivity index is 1.59. The van der Waals surface area contributed by atoms with Crippen LogP contribution in [0.15, 0.2) is 83.5 Å². The molecule has 0 aliphatic rings. The first kappa shape index (κ1) is 14.6. The average molecular weight is 292 g/mol. The van der Waals surface area contributed by atoms with Gasteiger partial charge in [-0.25, -0.2) is 0 Å². The van der Waals surface area contributed by atoms with Crippen LogP contribution < -0.4 is 0 Å². The van der Waals surface area contributed by atoms with Crippen molar-refractivity contribution in [3.05, 3.63) is 95.9 Å². The second kappa shape index (κ2) is 7.62. The standard InChI is InChI=1S/C20H20O2/c1-3-8-17(9-4-1)16-21-15-13-19(20-12-7-14-22-20)18-10-5-2-6-11-18/h1-12,14,19H,13,15-16H2/t19-/m1/s1. The zero-order valence-electron chi connectivity index (χ0n) is 12.5. The molecule has 0 saturated carbocycles. The van der Waals surface area contributed by atoms with E-state index in [-0.39, 0.29) is 5.92 Å². The molecule has 0 aliphatic heterocycles. The summed E-state index contributed by atoms with van der Waals surface area (Å²) in [6.45, 7) is 1.36. The van der Waals surface area contributed by atoms with Crippen molar-refractivity contribution in [1.29, 1.82) is 0 Å². The van der Waals surface area contributed by atoms with Crippen LogP contribution in [0.1, 0.15) is 29.2 Å². The van der Waals surface area contributed by atoms with Crippen molar-refractivity contribution in [2.24, 2.45) is 0 Å². The van der Waals surface area contributed by atoms with Gasteiger partial charge in [0.1, 0.15) is 5.76 Å². The van der Waals surface area contributed by atoms with Gasteiger partial charge in [0.05, 0.1) is 12.9 Å². The Hall–Kier alpha value is -2.32. The highest BCUT2D eigenvalue weighted by Crippen LogP contribution is 2.28. The van der Waals surface area contributed by atoms with E-state index < -0.39 is 0 Å². The topological polar surface area (TPSA) is 22.4 Å². The van der Waals surface area contributed by atoms with E-state index >= 15 is 0 Å². The van der Waals surface area contributed by atoms with E-state index in [0.717, 1.165) is 12.2 Å². The number of rotatable bonds is 7. The Bertz CT molecular complexity index is 645. The van der Waals surface area contributed by atoms with E-state index in [0.29, 0.717) is 13.2 Å². The fourth-order valence-electron chi connectivity index (χ4n) is 2.61. The molecule has 0 radical (unpaired) electrons. The first-order valence-corrected chi connectivity index (χ1v) is 7.63. The first-order valence-electron chi connectivity index (χ1n) is 7.63. The monoisotopic (exact) mass is 292 g/mol. The zero-order valence-corrected chi connectivity index (χ0v) is 12.5. The largest absolute Gasteiger partial charge is 0.469 e. The van der Waals surface area contributed by atoms with Crippen LogP contribution in [0.5, 0.6) is 0 Å². The van der Waals surface area contributed by atoms with Gasteiger partial charge in [0, 0.05) is 12.5 Å². The van der Waals surface area contributed by atoms with E-state index in [9.17, 15) is 0 Å². The Morgan fingerprint density at radius 2 is 1.55 bits per heavy atom. The molecule has 0 unspecified atom stereocenters. The molecule has 0 N–H and O–H groups in total. The predicted molar refractivity (Wildman–Crippen MR) is 87.7 cm³/mol. The minimum atomic E-state index is 0.243. The average Bonchev–Trinajstić information content (AvgIpc) is 3.11. The minimum Gasteiger partial charge on any atom is -0.469 e. The second-order valence-electron chi connectivity index (χ2n) is 5.31. The molecule has 22 heavy (non-hydrogen) atoms. The molecule has 2 aromatic carbocycles. The van der Waals surface area contributed by atoms with Gasteiger partial charge in [0.25, 0.3) is 0 Å². The molecule has 0 amide bonds. The molecule has 1 heterocycles. The van der Waals surface area contributed by atoms with E-state index in [1.165, 1.54) is 11.1 Å². The lowest BCUT2D eigenvalue weighted by molar-refractivity contribution is 0.114. The van der Waals surface area contributed by atoms with Crippen LogP contribution in [-0.2, 0) is 11.3 Å². The highest BCUT2D eigenvalue weighted by molar-refractivity contribution is 5.27. The quantitative estimate of drug-likeness (QED) is 0.571. The van der Waals surface area contributed by atoms with Crippen LogP contribution in [0, 0.1) is 0 Å². The van der Waals surface area contributed by atoms with Crippen LogP contribution in [0.4, 0.5) is 0 Å². The molecular formula is C20H20O2. The zero-order chi connectivity index (χ0) is 15.0. The van der Waals surface area contributed by atoms with E-state index in [4.69, 9.17) is 9.15 Å². The maximum Gasteiger partial charge on any atom is 0.111 e.